The zero-order valence-corrected chi connectivity index (χ0v) is 6.00. The Morgan fingerprint density at radius 1 is 1.18 bits per heavy atom. The number of hydrogen-bond acceptors (Lipinski definition) is 1. The molecule has 0 radical (unpaired) electrons. The van der Waals surface area contributed by atoms with Gasteiger partial charge in [0.05, 0.1) is 8.41 Å². The quantitative estimate of drug-likeness (QED) is 0.630. The highest BCUT2D eigenvalue weighted by Crippen LogP contribution is 2.02. The lowest BCUT2D eigenvalue weighted by Crippen LogP contribution is -1.94. The Bertz CT molecular complexity index is 167. The summed E-state index contributed by atoms with van der Waals surface area (Å²) < 4.78 is 0. The molecule has 0 saturated carbocycles. The van der Waals surface area contributed by atoms with E-state index in [1.54, 1.807) is 0 Å². The number of benzene rings is 1. The van der Waals surface area contributed by atoms with Gasteiger partial charge >= 0.3 is 0 Å². The molecule has 62 valence electrons. The van der Waals surface area contributed by atoms with E-state index in [0.29, 0.717) is 0 Å². The number of para-hydroxylation sites is 1. The van der Waals surface area contributed by atoms with Crippen molar-refractivity contribution in [1.82, 2.24) is 0 Å². The van der Waals surface area contributed by atoms with Crippen LogP contribution in [0.2, 0.25) is 0 Å². The first-order valence-electron chi connectivity index (χ1n) is 3.22. The molecular formula is C8H15BFN. The Hall–Kier alpha value is -0.985. The molecule has 1 N–H and O–H groups in total. The Kier molecular flexibility index (Phi) is 8.21. The van der Waals surface area contributed by atoms with Crippen molar-refractivity contribution in [2.75, 3.05) is 11.9 Å². The maximum Gasteiger partial charge on any atom is 0.0814 e. The van der Waals surface area contributed by atoms with Crippen LogP contribution in [0.5, 0.6) is 0 Å². The van der Waals surface area contributed by atoms with Gasteiger partial charge in [-0.1, -0.05) is 18.2 Å². The number of rotatable bonds is 2. The highest BCUT2D eigenvalue weighted by atomic mass is 19.0. The first-order valence-corrected chi connectivity index (χ1v) is 3.22. The van der Waals surface area contributed by atoms with Crippen LogP contribution >= 0.6 is 0 Å². The Balaban J connectivity index is 0. The minimum atomic E-state index is 0. The van der Waals surface area contributed by atoms with Crippen LogP contribution in [0.15, 0.2) is 30.3 Å². The molecule has 1 nitrogen and oxygen atoms in total. The first-order chi connectivity index (χ1) is 4.43. The molecule has 0 bridgehead atoms. The number of anilines is 1. The molecule has 0 unspecified atom stereocenters. The molecule has 0 aliphatic rings. The normalized spacial score (nSPS) is 7.36. The fraction of sp³-hybridized carbons (Fsp3) is 0.250. The molecule has 11 heavy (non-hydrogen) atoms. The molecule has 0 aromatic heterocycles. The van der Waals surface area contributed by atoms with Crippen LogP contribution < -0.4 is 5.32 Å². The maximum atomic E-state index is 3.21. The third-order valence-electron chi connectivity index (χ3n) is 1.15. The van der Waals surface area contributed by atoms with Gasteiger partial charge in [0.1, 0.15) is 0 Å². The lowest BCUT2D eigenvalue weighted by atomic mass is 10.3. The maximum absolute atomic E-state index is 3.21. The van der Waals surface area contributed by atoms with E-state index < -0.39 is 0 Å². The highest BCUT2D eigenvalue weighted by molar-refractivity contribution is 5.75. The van der Waals surface area contributed by atoms with Gasteiger partial charge < -0.3 is 5.32 Å². The van der Waals surface area contributed by atoms with Gasteiger partial charge in [-0.2, -0.15) is 0 Å². The summed E-state index contributed by atoms with van der Waals surface area (Å²) in [5.74, 6) is 0. The Labute approximate surface area is 68.8 Å². The van der Waals surface area contributed by atoms with E-state index >= 15 is 0 Å². The van der Waals surface area contributed by atoms with E-state index in [2.05, 4.69) is 24.4 Å². The fourth-order valence-electron chi connectivity index (χ4n) is 0.760. The molecule has 0 amide bonds. The van der Waals surface area contributed by atoms with E-state index in [0.717, 1.165) is 6.54 Å². The van der Waals surface area contributed by atoms with Gasteiger partial charge in [-0.3, -0.25) is 4.70 Å². The van der Waals surface area contributed by atoms with Crippen LogP contribution in [-0.2, 0) is 0 Å². The summed E-state index contributed by atoms with van der Waals surface area (Å²) in [7, 11) is 0. The van der Waals surface area contributed by atoms with Crippen LogP contribution in [0, 0.1) is 0 Å². The Morgan fingerprint density at radius 2 is 1.73 bits per heavy atom. The predicted octanol–water partition coefficient (Wildman–Crippen LogP) is 1.09. The van der Waals surface area contributed by atoms with Gasteiger partial charge in [-0.05, 0) is 19.1 Å². The van der Waals surface area contributed by atoms with Crippen molar-refractivity contribution in [3.05, 3.63) is 30.3 Å². The van der Waals surface area contributed by atoms with E-state index in [1.807, 2.05) is 18.2 Å². The molecule has 0 aliphatic heterocycles. The molecule has 0 saturated heterocycles. The molecule has 0 aliphatic carbocycles. The van der Waals surface area contributed by atoms with Crippen LogP contribution in [0.1, 0.15) is 6.92 Å². The second kappa shape index (κ2) is 7.13. The summed E-state index contributed by atoms with van der Waals surface area (Å²) in [6.07, 6.45) is 0. The van der Waals surface area contributed by atoms with Gasteiger partial charge in [0, 0.05) is 12.2 Å². The summed E-state index contributed by atoms with van der Waals surface area (Å²) in [5.41, 5.74) is 1.19. The lowest BCUT2D eigenvalue weighted by Gasteiger charge is -1.99. The molecule has 0 heterocycles. The smallest absolute Gasteiger partial charge is 0.0814 e. The molecule has 0 atom stereocenters. The van der Waals surface area contributed by atoms with Crippen LogP contribution in [0.4, 0.5) is 10.4 Å². The van der Waals surface area contributed by atoms with E-state index in [4.69, 9.17) is 0 Å². The largest absolute Gasteiger partial charge is 0.385 e. The minimum Gasteiger partial charge on any atom is -0.385 e. The Morgan fingerprint density at radius 3 is 2.18 bits per heavy atom. The van der Waals surface area contributed by atoms with Crippen molar-refractivity contribution >= 4 is 14.1 Å². The summed E-state index contributed by atoms with van der Waals surface area (Å²) in [4.78, 5) is 0. The van der Waals surface area contributed by atoms with Crippen molar-refractivity contribution in [1.29, 1.82) is 0 Å². The SMILES string of the molecule is B.CCNc1ccccc1.F. The van der Waals surface area contributed by atoms with Gasteiger partial charge in [-0.15, -0.1) is 0 Å². The fourth-order valence-corrected chi connectivity index (χ4v) is 0.760. The van der Waals surface area contributed by atoms with Gasteiger partial charge in [0.2, 0.25) is 0 Å². The second-order valence-corrected chi connectivity index (χ2v) is 1.90. The predicted molar refractivity (Wildman–Crippen MR) is 53.0 cm³/mol. The van der Waals surface area contributed by atoms with Crippen LogP contribution in [0.3, 0.4) is 0 Å². The van der Waals surface area contributed by atoms with Crippen molar-refractivity contribution < 1.29 is 4.70 Å². The van der Waals surface area contributed by atoms with Gasteiger partial charge in [0.15, 0.2) is 0 Å². The molecule has 0 fully saturated rings. The van der Waals surface area contributed by atoms with Crippen LogP contribution in [-0.4, -0.2) is 15.0 Å². The van der Waals surface area contributed by atoms with Crippen molar-refractivity contribution in [2.45, 2.75) is 6.92 Å². The zero-order chi connectivity index (χ0) is 6.53. The number of halogens is 1. The third-order valence-corrected chi connectivity index (χ3v) is 1.15. The molecular weight excluding hydrogens is 140 g/mol. The molecule has 0 spiro atoms. The van der Waals surface area contributed by atoms with Crippen molar-refractivity contribution in [3.63, 3.8) is 0 Å². The van der Waals surface area contributed by atoms with Crippen LogP contribution in [0.25, 0.3) is 0 Å². The first kappa shape index (κ1) is 12.7. The average molecular weight is 155 g/mol. The van der Waals surface area contributed by atoms with E-state index in [9.17, 15) is 0 Å². The van der Waals surface area contributed by atoms with Gasteiger partial charge in [0.25, 0.3) is 0 Å². The molecule has 1 aromatic rings. The molecule has 1 rings (SSSR count). The second-order valence-electron chi connectivity index (χ2n) is 1.90. The average Bonchev–Trinajstić information content (AvgIpc) is 1.91. The van der Waals surface area contributed by atoms with E-state index in [-0.39, 0.29) is 13.1 Å². The van der Waals surface area contributed by atoms with Crippen molar-refractivity contribution in [2.24, 2.45) is 0 Å². The van der Waals surface area contributed by atoms with Crippen molar-refractivity contribution in [3.8, 4) is 0 Å². The molecule has 3 heteroatoms. The van der Waals surface area contributed by atoms with E-state index in [1.165, 1.54) is 5.69 Å². The molecule has 1 aromatic carbocycles. The summed E-state index contributed by atoms with van der Waals surface area (Å²) >= 11 is 0. The minimum absolute atomic E-state index is 0. The lowest BCUT2D eigenvalue weighted by molar-refractivity contribution is 1.11. The highest BCUT2D eigenvalue weighted by Gasteiger charge is 1.81. The summed E-state index contributed by atoms with van der Waals surface area (Å²) in [6, 6.07) is 10.2. The summed E-state index contributed by atoms with van der Waals surface area (Å²) in [6.45, 7) is 3.08. The number of hydrogen-bond donors (Lipinski definition) is 1. The zero-order valence-electron chi connectivity index (χ0n) is 6.00. The number of nitrogens with one attached hydrogen (secondary N) is 1. The standard InChI is InChI=1S/C8H11N.BH3.FH/c1-2-9-8-6-4-3-5-7-8;;/h3-7,9H,2H2,1H3;1H3;1H. The monoisotopic (exact) mass is 155 g/mol. The van der Waals surface area contributed by atoms with Gasteiger partial charge in [-0.25, -0.2) is 0 Å². The topological polar surface area (TPSA) is 12.0 Å². The third kappa shape index (κ3) is 4.42. The summed E-state index contributed by atoms with van der Waals surface area (Å²) in [5, 5.41) is 3.21.